The Morgan fingerprint density at radius 2 is 2.03 bits per heavy atom. The number of carbonyl (C=O) groups excluding carboxylic acids is 1. The molecule has 4 aromatic rings. The fourth-order valence-electron chi connectivity index (χ4n) is 3.81. The smallest absolute Gasteiger partial charge is 0.261 e. The topological polar surface area (TPSA) is 99.2 Å². The highest BCUT2D eigenvalue weighted by Crippen LogP contribution is 2.31. The van der Waals surface area contributed by atoms with Crippen molar-refractivity contribution in [3.63, 3.8) is 0 Å². The molecule has 0 saturated carbocycles. The minimum Gasteiger partial charge on any atom is -0.484 e. The number of likely N-dealkylation sites (tertiary alicyclic amines) is 1. The Hall–Kier alpha value is -4.01. The molecule has 1 atom stereocenters. The van der Waals surface area contributed by atoms with Crippen LogP contribution in [0.4, 0.5) is 0 Å². The molecule has 1 fully saturated rings. The van der Waals surface area contributed by atoms with Gasteiger partial charge in [-0.25, -0.2) is 9.67 Å². The van der Waals surface area contributed by atoms with Crippen molar-refractivity contribution in [1.29, 1.82) is 0 Å². The molecule has 0 bridgehead atoms. The van der Waals surface area contributed by atoms with Gasteiger partial charge in [-0.2, -0.15) is 10.1 Å². The van der Waals surface area contributed by atoms with Gasteiger partial charge in [0.25, 0.3) is 5.91 Å². The zero-order valence-corrected chi connectivity index (χ0v) is 17.4. The van der Waals surface area contributed by atoms with E-state index in [9.17, 15) is 4.79 Å². The zero-order valence-electron chi connectivity index (χ0n) is 17.4. The number of para-hydroxylation sites is 1. The van der Waals surface area contributed by atoms with Gasteiger partial charge in [0.05, 0.1) is 0 Å². The minimum absolute atomic E-state index is 0.0287. The summed E-state index contributed by atoms with van der Waals surface area (Å²) >= 11 is 0. The highest BCUT2D eigenvalue weighted by Gasteiger charge is 2.32. The summed E-state index contributed by atoms with van der Waals surface area (Å²) in [7, 11) is 0. The third-order valence-corrected chi connectivity index (χ3v) is 5.40. The van der Waals surface area contributed by atoms with Crippen LogP contribution in [0.15, 0.2) is 71.6 Å². The maximum atomic E-state index is 12.9. The van der Waals surface area contributed by atoms with E-state index in [0.717, 1.165) is 24.8 Å². The Morgan fingerprint density at radius 1 is 1.12 bits per heavy atom. The molecule has 1 aliphatic heterocycles. The number of rotatable bonds is 6. The minimum atomic E-state index is -0.260. The fourth-order valence-corrected chi connectivity index (χ4v) is 3.81. The van der Waals surface area contributed by atoms with Crippen molar-refractivity contribution in [2.45, 2.75) is 25.3 Å². The van der Waals surface area contributed by atoms with E-state index in [-0.39, 0.29) is 18.6 Å². The highest BCUT2D eigenvalue weighted by atomic mass is 16.5. The number of pyridine rings is 1. The SMILES string of the molecule is O=C(COc1ccccc1)N1CCCC[C@H]1c1nc(-c2ccnc(-n3cccn3)c2)no1. The summed E-state index contributed by atoms with van der Waals surface area (Å²) < 4.78 is 12.9. The number of hydrogen-bond donors (Lipinski definition) is 0. The Morgan fingerprint density at radius 3 is 2.88 bits per heavy atom. The Kier molecular flexibility index (Phi) is 5.61. The maximum Gasteiger partial charge on any atom is 0.261 e. The summed E-state index contributed by atoms with van der Waals surface area (Å²) in [5.74, 6) is 2.12. The van der Waals surface area contributed by atoms with Crippen LogP contribution in [-0.4, -0.2) is 48.9 Å². The van der Waals surface area contributed by atoms with Gasteiger partial charge in [-0.1, -0.05) is 23.4 Å². The summed E-state index contributed by atoms with van der Waals surface area (Å²) in [6, 6.07) is 14.6. The van der Waals surface area contributed by atoms with E-state index < -0.39 is 0 Å². The second-order valence-corrected chi connectivity index (χ2v) is 7.51. The quantitative estimate of drug-likeness (QED) is 0.462. The largest absolute Gasteiger partial charge is 0.484 e. The summed E-state index contributed by atoms with van der Waals surface area (Å²) in [4.78, 5) is 23.6. The van der Waals surface area contributed by atoms with Gasteiger partial charge in [0.1, 0.15) is 11.8 Å². The van der Waals surface area contributed by atoms with E-state index in [1.165, 1.54) is 0 Å². The predicted molar refractivity (Wildman–Crippen MR) is 115 cm³/mol. The van der Waals surface area contributed by atoms with Crippen molar-refractivity contribution in [2.24, 2.45) is 0 Å². The standard InChI is InChI=1S/C23H22N6O3/c30-21(16-31-18-7-2-1-3-8-18)28-13-5-4-9-19(28)23-26-22(27-32-23)17-10-12-24-20(15-17)29-14-6-11-25-29/h1-3,6-8,10-12,14-15,19H,4-5,9,13,16H2/t19-/m0/s1. The second kappa shape index (κ2) is 9.01. The van der Waals surface area contributed by atoms with Crippen LogP contribution >= 0.6 is 0 Å². The maximum absolute atomic E-state index is 12.9. The van der Waals surface area contributed by atoms with Gasteiger partial charge in [-0.15, -0.1) is 0 Å². The molecule has 1 amide bonds. The summed E-state index contributed by atoms with van der Waals surface area (Å²) in [5.41, 5.74) is 0.765. The molecule has 1 aromatic carbocycles. The number of benzene rings is 1. The van der Waals surface area contributed by atoms with Crippen LogP contribution in [0, 0.1) is 0 Å². The van der Waals surface area contributed by atoms with Crippen LogP contribution in [0.25, 0.3) is 17.2 Å². The van der Waals surface area contributed by atoms with Crippen LogP contribution in [0.2, 0.25) is 0 Å². The lowest BCUT2D eigenvalue weighted by Gasteiger charge is -2.33. The predicted octanol–water partition coefficient (Wildman–Crippen LogP) is 3.45. The highest BCUT2D eigenvalue weighted by molar-refractivity contribution is 5.78. The van der Waals surface area contributed by atoms with E-state index in [0.29, 0.717) is 29.8 Å². The molecule has 9 nitrogen and oxygen atoms in total. The first kappa shape index (κ1) is 19.9. The average Bonchev–Trinajstić information content (AvgIpc) is 3.56. The lowest BCUT2D eigenvalue weighted by Crippen LogP contribution is -2.41. The molecule has 0 aliphatic carbocycles. The molecule has 0 unspecified atom stereocenters. The molecular formula is C23H22N6O3. The number of carbonyl (C=O) groups is 1. The Bertz CT molecular complexity index is 1180. The van der Waals surface area contributed by atoms with Crippen LogP contribution in [0.5, 0.6) is 5.75 Å². The number of nitrogens with zero attached hydrogens (tertiary/aromatic N) is 6. The van der Waals surface area contributed by atoms with Crippen LogP contribution in [-0.2, 0) is 4.79 Å². The first-order chi connectivity index (χ1) is 15.8. The van der Waals surface area contributed by atoms with Gasteiger partial charge in [0.15, 0.2) is 12.4 Å². The molecule has 0 radical (unpaired) electrons. The molecule has 9 heteroatoms. The second-order valence-electron chi connectivity index (χ2n) is 7.51. The monoisotopic (exact) mass is 430 g/mol. The van der Waals surface area contributed by atoms with Crippen molar-refractivity contribution < 1.29 is 14.1 Å². The first-order valence-corrected chi connectivity index (χ1v) is 10.6. The van der Waals surface area contributed by atoms with E-state index >= 15 is 0 Å². The van der Waals surface area contributed by atoms with Crippen molar-refractivity contribution in [3.8, 4) is 23.0 Å². The molecule has 1 saturated heterocycles. The summed E-state index contributed by atoms with van der Waals surface area (Å²) in [6.45, 7) is 0.608. The van der Waals surface area contributed by atoms with Crippen LogP contribution < -0.4 is 4.74 Å². The number of aromatic nitrogens is 5. The van der Waals surface area contributed by atoms with Gasteiger partial charge in [-0.3, -0.25) is 4.79 Å². The fraction of sp³-hybridized carbons (Fsp3) is 0.261. The van der Waals surface area contributed by atoms with Gasteiger partial charge in [0.2, 0.25) is 11.7 Å². The first-order valence-electron chi connectivity index (χ1n) is 10.6. The van der Waals surface area contributed by atoms with E-state index in [2.05, 4.69) is 20.2 Å². The third-order valence-electron chi connectivity index (χ3n) is 5.40. The number of ether oxygens (including phenoxy) is 1. The Balaban J connectivity index is 1.33. The average molecular weight is 430 g/mol. The molecule has 162 valence electrons. The lowest BCUT2D eigenvalue weighted by atomic mass is 10.0. The number of piperidine rings is 1. The van der Waals surface area contributed by atoms with Gasteiger partial charge in [-0.05, 0) is 49.6 Å². The van der Waals surface area contributed by atoms with Crippen molar-refractivity contribution in [3.05, 3.63) is 73.0 Å². The van der Waals surface area contributed by atoms with E-state index in [1.54, 1.807) is 22.0 Å². The summed E-state index contributed by atoms with van der Waals surface area (Å²) in [6.07, 6.45) is 7.89. The van der Waals surface area contributed by atoms with Gasteiger partial charge < -0.3 is 14.2 Å². The van der Waals surface area contributed by atoms with Crippen molar-refractivity contribution >= 4 is 5.91 Å². The molecular weight excluding hydrogens is 408 g/mol. The normalized spacial score (nSPS) is 16.1. The molecule has 0 N–H and O–H groups in total. The number of amides is 1. The van der Waals surface area contributed by atoms with E-state index in [1.807, 2.05) is 54.7 Å². The van der Waals surface area contributed by atoms with E-state index in [4.69, 9.17) is 9.26 Å². The van der Waals surface area contributed by atoms with Crippen LogP contribution in [0.1, 0.15) is 31.2 Å². The number of hydrogen-bond acceptors (Lipinski definition) is 7. The van der Waals surface area contributed by atoms with Gasteiger partial charge >= 0.3 is 0 Å². The van der Waals surface area contributed by atoms with Gasteiger partial charge in [0, 0.05) is 30.7 Å². The lowest BCUT2D eigenvalue weighted by molar-refractivity contribution is -0.138. The molecule has 3 aromatic heterocycles. The zero-order chi connectivity index (χ0) is 21.8. The molecule has 4 heterocycles. The third kappa shape index (κ3) is 4.22. The summed E-state index contributed by atoms with van der Waals surface area (Å²) in [5, 5.41) is 8.36. The van der Waals surface area contributed by atoms with Crippen molar-refractivity contribution in [1.82, 2.24) is 29.8 Å². The molecule has 32 heavy (non-hydrogen) atoms. The molecule has 1 aliphatic rings. The van der Waals surface area contributed by atoms with Crippen LogP contribution in [0.3, 0.4) is 0 Å². The molecule has 5 rings (SSSR count). The molecule has 0 spiro atoms. The Labute approximate surface area is 184 Å². The van der Waals surface area contributed by atoms with Crippen molar-refractivity contribution in [2.75, 3.05) is 13.2 Å².